The number of rotatable bonds is 3. The van der Waals surface area contributed by atoms with E-state index in [1.165, 1.54) is 0 Å². The third-order valence-corrected chi connectivity index (χ3v) is 2.53. The molecule has 0 atom stereocenters. The molecule has 0 amide bonds. The van der Waals surface area contributed by atoms with E-state index < -0.39 is 5.97 Å². The zero-order valence-electron chi connectivity index (χ0n) is 11.1. The molecule has 7 nitrogen and oxygen atoms in total. The van der Waals surface area contributed by atoms with Crippen molar-refractivity contribution in [1.29, 1.82) is 0 Å². The molecule has 0 aliphatic rings. The summed E-state index contributed by atoms with van der Waals surface area (Å²) >= 11 is 0. The van der Waals surface area contributed by atoms with Crippen molar-refractivity contribution in [2.24, 2.45) is 0 Å². The predicted molar refractivity (Wildman–Crippen MR) is 69.2 cm³/mol. The SMILES string of the molecule is CCOC(=O)c1cc(C)c2[nH]c(CC)nc2n1.OO. The van der Waals surface area contributed by atoms with Crippen LogP contribution in [0.2, 0.25) is 0 Å². The number of hydrogen-bond acceptors (Lipinski definition) is 6. The fourth-order valence-corrected chi connectivity index (χ4v) is 1.67. The second kappa shape index (κ2) is 6.81. The van der Waals surface area contributed by atoms with Gasteiger partial charge in [0.1, 0.15) is 5.82 Å². The number of imidazole rings is 1. The first-order chi connectivity index (χ1) is 9.15. The Morgan fingerprint density at radius 2 is 2.05 bits per heavy atom. The lowest BCUT2D eigenvalue weighted by molar-refractivity contribution is -0.176. The summed E-state index contributed by atoms with van der Waals surface area (Å²) in [6.07, 6.45) is 0.810. The summed E-state index contributed by atoms with van der Waals surface area (Å²) in [7, 11) is 0. The van der Waals surface area contributed by atoms with Crippen molar-refractivity contribution in [1.82, 2.24) is 15.0 Å². The number of carbonyl (C=O) groups is 1. The number of esters is 1. The van der Waals surface area contributed by atoms with E-state index >= 15 is 0 Å². The molecule has 7 heteroatoms. The first-order valence-corrected chi connectivity index (χ1v) is 5.89. The molecule has 2 rings (SSSR count). The van der Waals surface area contributed by atoms with Crippen molar-refractivity contribution < 1.29 is 20.0 Å². The molecule has 2 aromatic heterocycles. The average molecular weight is 267 g/mol. The van der Waals surface area contributed by atoms with Gasteiger partial charge in [0.15, 0.2) is 11.3 Å². The molecule has 0 unspecified atom stereocenters. The fraction of sp³-hybridized carbons (Fsp3) is 0.417. The smallest absolute Gasteiger partial charge is 0.357 e. The van der Waals surface area contributed by atoms with Crippen LogP contribution in [0.1, 0.15) is 35.7 Å². The molecule has 0 bridgehead atoms. The maximum Gasteiger partial charge on any atom is 0.357 e. The standard InChI is InChI=1S/C12H15N3O2.H2O2/c1-4-9-14-10-7(3)6-8(12(16)17-5-2)13-11(10)15-9;1-2/h6H,4-5H2,1-3H3,(H,13,14,15);1-2H. The third kappa shape index (κ3) is 3.27. The molecule has 2 aromatic rings. The van der Waals surface area contributed by atoms with Crippen molar-refractivity contribution in [3.63, 3.8) is 0 Å². The Bertz CT molecular complexity index is 565. The highest BCUT2D eigenvalue weighted by atomic mass is 17.0. The summed E-state index contributed by atoms with van der Waals surface area (Å²) in [5.41, 5.74) is 2.72. The Labute approximate surface area is 110 Å². The molecule has 0 aliphatic carbocycles. The van der Waals surface area contributed by atoms with E-state index in [9.17, 15) is 4.79 Å². The number of aromatic amines is 1. The van der Waals surface area contributed by atoms with Crippen LogP contribution in [0.4, 0.5) is 0 Å². The van der Waals surface area contributed by atoms with Crippen LogP contribution in [0.3, 0.4) is 0 Å². The number of aryl methyl sites for hydroxylation is 2. The predicted octanol–water partition coefficient (Wildman–Crippen LogP) is 2.02. The summed E-state index contributed by atoms with van der Waals surface area (Å²) in [6, 6.07) is 1.72. The Balaban J connectivity index is 0.000000861. The van der Waals surface area contributed by atoms with Gasteiger partial charge in [0.2, 0.25) is 0 Å². The Morgan fingerprint density at radius 1 is 1.37 bits per heavy atom. The lowest BCUT2D eigenvalue weighted by Gasteiger charge is -2.02. The summed E-state index contributed by atoms with van der Waals surface area (Å²) in [5.74, 6) is 0.468. The molecular weight excluding hydrogens is 250 g/mol. The lowest BCUT2D eigenvalue weighted by atomic mass is 10.2. The van der Waals surface area contributed by atoms with E-state index in [1.54, 1.807) is 13.0 Å². The van der Waals surface area contributed by atoms with E-state index in [0.29, 0.717) is 17.9 Å². The van der Waals surface area contributed by atoms with Gasteiger partial charge in [-0.3, -0.25) is 10.5 Å². The minimum absolute atomic E-state index is 0.311. The van der Waals surface area contributed by atoms with Crippen LogP contribution in [-0.2, 0) is 11.2 Å². The number of fused-ring (bicyclic) bond motifs is 1. The third-order valence-electron chi connectivity index (χ3n) is 2.53. The number of nitrogens with zero attached hydrogens (tertiary/aromatic N) is 2. The number of carbonyl (C=O) groups excluding carboxylic acids is 1. The highest BCUT2D eigenvalue weighted by Crippen LogP contribution is 2.16. The Kier molecular flexibility index (Phi) is 5.40. The summed E-state index contributed by atoms with van der Waals surface area (Å²) in [4.78, 5) is 23.3. The monoisotopic (exact) mass is 267 g/mol. The molecule has 104 valence electrons. The van der Waals surface area contributed by atoms with Gasteiger partial charge in [0.05, 0.1) is 12.1 Å². The molecular formula is C12H17N3O4. The molecule has 0 saturated carbocycles. The minimum Gasteiger partial charge on any atom is -0.461 e. The largest absolute Gasteiger partial charge is 0.461 e. The van der Waals surface area contributed by atoms with Gasteiger partial charge in [-0.1, -0.05) is 6.92 Å². The number of H-pyrrole nitrogens is 1. The second-order valence-corrected chi connectivity index (χ2v) is 3.78. The molecule has 19 heavy (non-hydrogen) atoms. The van der Waals surface area contributed by atoms with Gasteiger partial charge in [-0.2, -0.15) is 0 Å². The van der Waals surface area contributed by atoms with Gasteiger partial charge in [0.25, 0.3) is 0 Å². The number of aromatic nitrogens is 3. The number of hydrogen-bond donors (Lipinski definition) is 3. The second-order valence-electron chi connectivity index (χ2n) is 3.78. The summed E-state index contributed by atoms with van der Waals surface area (Å²) in [5, 5.41) is 12.0. The topological polar surface area (TPSA) is 108 Å². The van der Waals surface area contributed by atoms with E-state index in [1.807, 2.05) is 13.8 Å². The Morgan fingerprint density at radius 3 is 2.63 bits per heavy atom. The van der Waals surface area contributed by atoms with Gasteiger partial charge in [-0.05, 0) is 25.5 Å². The quantitative estimate of drug-likeness (QED) is 0.446. The lowest BCUT2D eigenvalue weighted by Crippen LogP contribution is -2.07. The highest BCUT2D eigenvalue weighted by molar-refractivity contribution is 5.90. The first-order valence-electron chi connectivity index (χ1n) is 5.89. The van der Waals surface area contributed by atoms with Crippen LogP contribution in [0.15, 0.2) is 6.07 Å². The molecule has 0 saturated heterocycles. The van der Waals surface area contributed by atoms with Gasteiger partial charge in [-0.25, -0.2) is 14.8 Å². The average Bonchev–Trinajstić information content (AvgIpc) is 2.85. The van der Waals surface area contributed by atoms with E-state index in [2.05, 4.69) is 15.0 Å². The van der Waals surface area contributed by atoms with Gasteiger partial charge < -0.3 is 9.72 Å². The first kappa shape index (κ1) is 15.1. The summed E-state index contributed by atoms with van der Waals surface area (Å²) in [6.45, 7) is 6.05. The van der Waals surface area contributed by atoms with Crippen LogP contribution in [-0.4, -0.2) is 38.0 Å². The summed E-state index contributed by atoms with van der Waals surface area (Å²) < 4.78 is 4.93. The van der Waals surface area contributed by atoms with Crippen LogP contribution in [0.25, 0.3) is 11.2 Å². The van der Waals surface area contributed by atoms with Crippen molar-refractivity contribution in [3.8, 4) is 0 Å². The zero-order valence-corrected chi connectivity index (χ0v) is 11.1. The van der Waals surface area contributed by atoms with Crippen molar-refractivity contribution in [2.45, 2.75) is 27.2 Å². The Hall–Kier alpha value is -1.99. The number of pyridine rings is 1. The molecule has 0 fully saturated rings. The highest BCUT2D eigenvalue weighted by Gasteiger charge is 2.13. The van der Waals surface area contributed by atoms with Crippen LogP contribution < -0.4 is 0 Å². The number of nitrogens with one attached hydrogen (secondary N) is 1. The van der Waals surface area contributed by atoms with Crippen molar-refractivity contribution >= 4 is 17.1 Å². The van der Waals surface area contributed by atoms with Crippen LogP contribution >= 0.6 is 0 Å². The van der Waals surface area contributed by atoms with E-state index in [-0.39, 0.29) is 0 Å². The minimum atomic E-state index is -0.404. The molecule has 3 N–H and O–H groups in total. The molecule has 0 aromatic carbocycles. The van der Waals surface area contributed by atoms with E-state index in [4.69, 9.17) is 15.3 Å². The molecule has 2 heterocycles. The van der Waals surface area contributed by atoms with E-state index in [0.717, 1.165) is 23.3 Å². The maximum atomic E-state index is 11.6. The molecule has 0 spiro atoms. The van der Waals surface area contributed by atoms with Gasteiger partial charge >= 0.3 is 5.97 Å². The van der Waals surface area contributed by atoms with Crippen molar-refractivity contribution in [3.05, 3.63) is 23.1 Å². The fourth-order valence-electron chi connectivity index (χ4n) is 1.67. The molecule has 0 aliphatic heterocycles. The van der Waals surface area contributed by atoms with Crippen LogP contribution in [0.5, 0.6) is 0 Å². The van der Waals surface area contributed by atoms with Gasteiger partial charge in [0, 0.05) is 6.42 Å². The zero-order chi connectivity index (χ0) is 14.4. The van der Waals surface area contributed by atoms with Gasteiger partial charge in [-0.15, -0.1) is 0 Å². The number of ether oxygens (including phenoxy) is 1. The maximum absolute atomic E-state index is 11.6. The van der Waals surface area contributed by atoms with Crippen LogP contribution in [0, 0.1) is 6.92 Å². The molecule has 0 radical (unpaired) electrons. The van der Waals surface area contributed by atoms with Crippen molar-refractivity contribution in [2.75, 3.05) is 6.61 Å². The normalized spacial score (nSPS) is 9.95.